The van der Waals surface area contributed by atoms with E-state index in [9.17, 15) is 4.79 Å². The molecule has 0 radical (unpaired) electrons. The summed E-state index contributed by atoms with van der Waals surface area (Å²) >= 11 is 0. The second-order valence-corrected chi connectivity index (χ2v) is 6.39. The van der Waals surface area contributed by atoms with Gasteiger partial charge in [0.1, 0.15) is 0 Å². The zero-order valence-electron chi connectivity index (χ0n) is 12.9. The lowest BCUT2D eigenvalue weighted by atomic mass is 9.85. The van der Waals surface area contributed by atoms with E-state index in [-0.39, 0.29) is 5.69 Å². The monoisotopic (exact) mass is 287 g/mol. The quantitative estimate of drug-likeness (QED) is 0.790. The molecule has 4 heteroatoms. The van der Waals surface area contributed by atoms with Crippen LogP contribution in [0.5, 0.6) is 0 Å². The predicted molar refractivity (Wildman–Crippen MR) is 86.5 cm³/mol. The van der Waals surface area contributed by atoms with Crippen LogP contribution in [0.1, 0.15) is 51.1 Å². The van der Waals surface area contributed by atoms with Crippen LogP contribution in [-0.2, 0) is 0 Å². The third-order valence-electron chi connectivity index (χ3n) is 4.87. The molecule has 4 nitrogen and oxygen atoms in total. The Morgan fingerprint density at radius 3 is 2.81 bits per heavy atom. The maximum Gasteiger partial charge on any atom is 0.323 e. The van der Waals surface area contributed by atoms with E-state index in [2.05, 4.69) is 41.3 Å². The molecular formula is C17H25N3O. The van der Waals surface area contributed by atoms with Gasteiger partial charge in [-0.25, -0.2) is 4.79 Å². The summed E-state index contributed by atoms with van der Waals surface area (Å²) < 4.78 is 0. The van der Waals surface area contributed by atoms with Crippen LogP contribution in [0.15, 0.2) is 23.0 Å². The summed E-state index contributed by atoms with van der Waals surface area (Å²) in [4.78, 5) is 17.1. The zero-order valence-corrected chi connectivity index (χ0v) is 12.9. The highest BCUT2D eigenvalue weighted by Crippen LogP contribution is 2.40. The minimum absolute atomic E-state index is 0.130. The van der Waals surface area contributed by atoms with E-state index in [1.165, 1.54) is 24.8 Å². The van der Waals surface area contributed by atoms with Gasteiger partial charge in [-0.05, 0) is 48.9 Å². The van der Waals surface area contributed by atoms with Gasteiger partial charge in [0, 0.05) is 6.04 Å². The van der Waals surface area contributed by atoms with E-state index >= 15 is 0 Å². The van der Waals surface area contributed by atoms with Crippen LogP contribution < -0.4 is 11.0 Å². The van der Waals surface area contributed by atoms with Crippen LogP contribution in [0.4, 0.5) is 0 Å². The van der Waals surface area contributed by atoms with Gasteiger partial charge in [0.15, 0.2) is 0 Å². The molecule has 1 aromatic carbocycles. The maximum atomic E-state index is 11.4. The maximum absolute atomic E-state index is 11.4. The van der Waals surface area contributed by atoms with E-state index < -0.39 is 0 Å². The van der Waals surface area contributed by atoms with E-state index in [1.54, 1.807) is 0 Å². The Hall–Kier alpha value is -1.55. The van der Waals surface area contributed by atoms with Crippen molar-refractivity contribution in [3.8, 4) is 0 Å². The van der Waals surface area contributed by atoms with Crippen molar-refractivity contribution in [2.24, 2.45) is 11.8 Å². The van der Waals surface area contributed by atoms with E-state index in [1.807, 2.05) is 6.07 Å². The van der Waals surface area contributed by atoms with Gasteiger partial charge < -0.3 is 15.3 Å². The van der Waals surface area contributed by atoms with Crippen LogP contribution in [-0.4, -0.2) is 16.5 Å². The molecule has 1 fully saturated rings. The summed E-state index contributed by atoms with van der Waals surface area (Å²) in [5.74, 6) is 1.46. The molecule has 0 amide bonds. The molecule has 3 atom stereocenters. The summed E-state index contributed by atoms with van der Waals surface area (Å²) in [7, 11) is 0. The van der Waals surface area contributed by atoms with Crippen molar-refractivity contribution in [2.75, 3.05) is 6.54 Å². The number of aromatic nitrogens is 2. The van der Waals surface area contributed by atoms with E-state index in [0.29, 0.717) is 12.0 Å². The van der Waals surface area contributed by atoms with Crippen LogP contribution in [0.3, 0.4) is 0 Å². The first-order valence-corrected chi connectivity index (χ1v) is 8.14. The number of rotatable bonds is 5. The fourth-order valence-electron chi connectivity index (χ4n) is 3.73. The molecule has 3 unspecified atom stereocenters. The number of hydrogen-bond acceptors (Lipinski definition) is 2. The molecule has 1 aromatic heterocycles. The molecule has 1 heterocycles. The zero-order chi connectivity index (χ0) is 14.8. The molecule has 1 aliphatic rings. The summed E-state index contributed by atoms with van der Waals surface area (Å²) in [5, 5.41) is 3.73. The van der Waals surface area contributed by atoms with E-state index in [0.717, 1.165) is 29.9 Å². The topological polar surface area (TPSA) is 60.7 Å². The molecule has 21 heavy (non-hydrogen) atoms. The molecule has 3 N–H and O–H groups in total. The van der Waals surface area contributed by atoms with Gasteiger partial charge in [-0.1, -0.05) is 32.8 Å². The highest BCUT2D eigenvalue weighted by Gasteiger charge is 2.31. The van der Waals surface area contributed by atoms with Gasteiger partial charge in [0.2, 0.25) is 0 Å². The Bertz CT molecular complexity index is 657. The van der Waals surface area contributed by atoms with Gasteiger partial charge in [-0.15, -0.1) is 0 Å². The Morgan fingerprint density at radius 2 is 2.10 bits per heavy atom. The third-order valence-corrected chi connectivity index (χ3v) is 4.87. The van der Waals surface area contributed by atoms with E-state index in [4.69, 9.17) is 0 Å². The number of imidazole rings is 1. The Kier molecular flexibility index (Phi) is 4.15. The number of H-pyrrole nitrogens is 2. The Morgan fingerprint density at radius 1 is 1.29 bits per heavy atom. The van der Waals surface area contributed by atoms with Crippen molar-refractivity contribution >= 4 is 11.0 Å². The summed E-state index contributed by atoms with van der Waals surface area (Å²) in [6.45, 7) is 5.61. The highest BCUT2D eigenvalue weighted by molar-refractivity contribution is 5.75. The highest BCUT2D eigenvalue weighted by atomic mass is 16.1. The predicted octanol–water partition coefficient (Wildman–Crippen LogP) is 3.33. The number of nitrogens with one attached hydrogen (secondary N) is 3. The molecule has 1 aliphatic carbocycles. The molecule has 3 rings (SSSR count). The second-order valence-electron chi connectivity index (χ2n) is 6.39. The number of aromatic amines is 2. The summed E-state index contributed by atoms with van der Waals surface area (Å²) in [6.07, 6.45) is 5.10. The van der Waals surface area contributed by atoms with Crippen molar-refractivity contribution < 1.29 is 0 Å². The van der Waals surface area contributed by atoms with Crippen molar-refractivity contribution in [2.45, 2.75) is 45.6 Å². The Balaban J connectivity index is 1.94. The molecule has 1 saturated carbocycles. The summed E-state index contributed by atoms with van der Waals surface area (Å²) in [5.41, 5.74) is 2.96. The average molecular weight is 287 g/mol. The SMILES string of the molecule is CCCNC(c1ccc2[nH]c(=O)[nH]c2c1)C1CCCC1C. The van der Waals surface area contributed by atoms with Gasteiger partial charge >= 0.3 is 5.69 Å². The number of fused-ring (bicyclic) bond motifs is 1. The first kappa shape index (κ1) is 14.4. The smallest absolute Gasteiger partial charge is 0.310 e. The normalized spacial score (nSPS) is 23.7. The van der Waals surface area contributed by atoms with Crippen molar-refractivity contribution in [1.29, 1.82) is 0 Å². The number of hydrogen-bond donors (Lipinski definition) is 3. The molecule has 2 aromatic rings. The molecule has 0 aliphatic heterocycles. The summed E-state index contributed by atoms with van der Waals surface area (Å²) in [6, 6.07) is 6.70. The van der Waals surface area contributed by atoms with Crippen LogP contribution in [0.2, 0.25) is 0 Å². The molecule has 0 spiro atoms. The minimum Gasteiger partial charge on any atom is -0.310 e. The lowest BCUT2D eigenvalue weighted by Crippen LogP contribution is -2.30. The number of benzene rings is 1. The van der Waals surface area contributed by atoms with Gasteiger partial charge in [0.05, 0.1) is 11.0 Å². The van der Waals surface area contributed by atoms with Crippen molar-refractivity contribution in [1.82, 2.24) is 15.3 Å². The van der Waals surface area contributed by atoms with Crippen LogP contribution in [0.25, 0.3) is 11.0 Å². The fourth-order valence-corrected chi connectivity index (χ4v) is 3.73. The van der Waals surface area contributed by atoms with Gasteiger partial charge in [-0.2, -0.15) is 0 Å². The molecule has 0 bridgehead atoms. The average Bonchev–Trinajstić information content (AvgIpc) is 3.04. The lowest BCUT2D eigenvalue weighted by Gasteiger charge is -2.28. The van der Waals surface area contributed by atoms with Crippen LogP contribution >= 0.6 is 0 Å². The molecular weight excluding hydrogens is 262 g/mol. The van der Waals surface area contributed by atoms with Gasteiger partial charge in [-0.3, -0.25) is 0 Å². The van der Waals surface area contributed by atoms with Crippen LogP contribution in [0, 0.1) is 11.8 Å². The lowest BCUT2D eigenvalue weighted by molar-refractivity contribution is 0.302. The van der Waals surface area contributed by atoms with Crippen molar-refractivity contribution in [3.05, 3.63) is 34.2 Å². The minimum atomic E-state index is -0.130. The largest absolute Gasteiger partial charge is 0.323 e. The molecule has 114 valence electrons. The molecule has 0 saturated heterocycles. The second kappa shape index (κ2) is 6.06. The fraction of sp³-hybridized carbons (Fsp3) is 0.588. The van der Waals surface area contributed by atoms with Gasteiger partial charge in [0.25, 0.3) is 0 Å². The first-order chi connectivity index (χ1) is 10.2. The van der Waals surface area contributed by atoms with Crippen molar-refractivity contribution in [3.63, 3.8) is 0 Å². The standard InChI is InChI=1S/C17H25N3O/c1-3-9-18-16(13-6-4-5-11(13)2)12-7-8-14-15(10-12)20-17(21)19-14/h7-8,10-11,13,16,18H,3-6,9H2,1-2H3,(H2,19,20,21). The third kappa shape index (κ3) is 2.91. The Labute approximate surface area is 125 Å². The first-order valence-electron chi connectivity index (χ1n) is 8.14.